The zero-order chi connectivity index (χ0) is 20.0. The first-order valence-electron chi connectivity index (χ1n) is 8.04. The predicted octanol–water partition coefficient (Wildman–Crippen LogP) is 4.25. The number of nitrogens with zero attached hydrogens (tertiary/aromatic N) is 2. The van der Waals surface area contributed by atoms with Gasteiger partial charge in [0, 0.05) is 35.8 Å². The molecule has 1 N–H and O–H groups in total. The molecule has 2 aromatic rings. The van der Waals surface area contributed by atoms with Crippen molar-refractivity contribution in [1.29, 1.82) is 0 Å². The summed E-state index contributed by atoms with van der Waals surface area (Å²) in [5.74, 6) is -0.143. The van der Waals surface area contributed by atoms with Crippen molar-refractivity contribution >= 4 is 40.2 Å². The van der Waals surface area contributed by atoms with Gasteiger partial charge in [0.2, 0.25) is 5.91 Å². The van der Waals surface area contributed by atoms with Crippen molar-refractivity contribution in [3.8, 4) is 5.75 Å². The minimum Gasteiger partial charge on any atom is -0.490 e. The van der Waals surface area contributed by atoms with Gasteiger partial charge in [0.15, 0.2) is 5.75 Å². The second-order valence-corrected chi connectivity index (χ2v) is 7.61. The average molecular weight is 410 g/mol. The van der Waals surface area contributed by atoms with Crippen LogP contribution in [0.5, 0.6) is 5.75 Å². The molecule has 0 aliphatic rings. The van der Waals surface area contributed by atoms with Crippen LogP contribution in [0.4, 0.5) is 11.4 Å². The van der Waals surface area contributed by atoms with E-state index in [1.165, 1.54) is 30.6 Å². The van der Waals surface area contributed by atoms with Gasteiger partial charge in [-0.15, -0.1) is 17.9 Å². The van der Waals surface area contributed by atoms with Crippen LogP contribution in [0, 0.1) is 17.0 Å². The number of methoxy groups -OCH3 is 1. The summed E-state index contributed by atoms with van der Waals surface area (Å²) in [6.07, 6.45) is 1.72. The topological polar surface area (TPSA) is 84.7 Å². The summed E-state index contributed by atoms with van der Waals surface area (Å²) in [7, 11) is 1.35. The van der Waals surface area contributed by atoms with Crippen molar-refractivity contribution < 1.29 is 14.5 Å². The lowest BCUT2D eigenvalue weighted by atomic mass is 10.1. The largest absolute Gasteiger partial charge is 0.490 e. The fourth-order valence-electron chi connectivity index (χ4n) is 2.53. The minimum atomic E-state index is -0.518. The van der Waals surface area contributed by atoms with Crippen molar-refractivity contribution in [2.45, 2.75) is 13.5 Å². The molecule has 2 rings (SSSR count). The Kier molecular flexibility index (Phi) is 7.35. The number of amides is 1. The normalized spacial score (nSPS) is 10.7. The van der Waals surface area contributed by atoms with Gasteiger partial charge in [0.05, 0.1) is 22.9 Å². The Labute approximate surface area is 166 Å². The number of benzene rings is 1. The first-order chi connectivity index (χ1) is 12.8. The number of anilines is 1. The number of hydrogen-bond acceptors (Lipinski definition) is 6. The highest BCUT2D eigenvalue weighted by Crippen LogP contribution is 2.32. The van der Waals surface area contributed by atoms with Crippen LogP contribution in [0.2, 0.25) is 4.34 Å². The van der Waals surface area contributed by atoms with Crippen molar-refractivity contribution in [1.82, 2.24) is 4.90 Å². The lowest BCUT2D eigenvalue weighted by Crippen LogP contribution is -2.33. The van der Waals surface area contributed by atoms with Crippen LogP contribution in [0.3, 0.4) is 0 Å². The van der Waals surface area contributed by atoms with Crippen LogP contribution in [0.1, 0.15) is 10.4 Å². The van der Waals surface area contributed by atoms with Crippen molar-refractivity contribution in [2.24, 2.45) is 0 Å². The molecule has 0 unspecified atom stereocenters. The zero-order valence-electron chi connectivity index (χ0n) is 15.0. The summed E-state index contributed by atoms with van der Waals surface area (Å²) in [5, 5.41) is 13.9. The summed E-state index contributed by atoms with van der Waals surface area (Å²) < 4.78 is 5.75. The number of nitro benzene ring substituents is 1. The van der Waals surface area contributed by atoms with Gasteiger partial charge in [-0.3, -0.25) is 19.8 Å². The number of rotatable bonds is 9. The van der Waals surface area contributed by atoms with E-state index in [1.54, 1.807) is 13.0 Å². The Morgan fingerprint density at radius 2 is 2.22 bits per heavy atom. The lowest BCUT2D eigenvalue weighted by molar-refractivity contribution is -0.385. The van der Waals surface area contributed by atoms with Crippen LogP contribution >= 0.6 is 22.9 Å². The van der Waals surface area contributed by atoms with Crippen LogP contribution in [-0.4, -0.2) is 35.9 Å². The quantitative estimate of drug-likeness (QED) is 0.380. The highest BCUT2D eigenvalue weighted by atomic mass is 35.5. The minimum absolute atomic E-state index is 0.0945. The molecule has 0 saturated heterocycles. The van der Waals surface area contributed by atoms with E-state index in [0.717, 1.165) is 4.88 Å². The molecular formula is C18H20ClN3O4S. The van der Waals surface area contributed by atoms with E-state index < -0.39 is 4.92 Å². The first-order valence-corrected chi connectivity index (χ1v) is 9.23. The molecule has 0 aliphatic heterocycles. The Balaban J connectivity index is 2.10. The Morgan fingerprint density at radius 1 is 1.48 bits per heavy atom. The third-order valence-electron chi connectivity index (χ3n) is 3.76. The van der Waals surface area contributed by atoms with Gasteiger partial charge in [0.25, 0.3) is 0 Å². The molecule has 1 heterocycles. The van der Waals surface area contributed by atoms with Crippen LogP contribution in [0.15, 0.2) is 36.9 Å². The van der Waals surface area contributed by atoms with Crippen molar-refractivity contribution in [3.63, 3.8) is 0 Å². The van der Waals surface area contributed by atoms with E-state index in [-0.39, 0.29) is 23.9 Å². The molecule has 0 fully saturated rings. The molecule has 0 atom stereocenters. The molecule has 144 valence electrons. The Hall–Kier alpha value is -2.42. The number of ether oxygens (including phenoxy) is 1. The number of thiophene rings is 1. The van der Waals surface area contributed by atoms with E-state index >= 15 is 0 Å². The van der Waals surface area contributed by atoms with Gasteiger partial charge in [-0.05, 0) is 24.6 Å². The van der Waals surface area contributed by atoms with E-state index in [1.807, 2.05) is 17.0 Å². The maximum Gasteiger partial charge on any atom is 0.311 e. The number of nitrogens with one attached hydrogen (secondary N) is 1. The monoisotopic (exact) mass is 409 g/mol. The molecule has 27 heavy (non-hydrogen) atoms. The maximum atomic E-state index is 12.5. The van der Waals surface area contributed by atoms with Gasteiger partial charge in [-0.25, -0.2) is 0 Å². The molecule has 0 saturated carbocycles. The van der Waals surface area contributed by atoms with Gasteiger partial charge in [0.1, 0.15) is 0 Å². The predicted molar refractivity (Wildman–Crippen MR) is 108 cm³/mol. The standard InChI is InChI=1S/C18H20ClN3O4S/c1-4-7-21(10-13-5-6-17(19)27-13)11-18(23)20-14-9-16(26-3)15(22(24)25)8-12(14)2/h4-6,8-9H,1,7,10-11H2,2-3H3,(H,20,23). The summed E-state index contributed by atoms with van der Waals surface area (Å²) in [6, 6.07) is 6.58. The Morgan fingerprint density at radius 3 is 2.78 bits per heavy atom. The van der Waals surface area contributed by atoms with Crippen LogP contribution < -0.4 is 10.1 Å². The highest BCUT2D eigenvalue weighted by molar-refractivity contribution is 7.16. The number of carbonyl (C=O) groups is 1. The van der Waals surface area contributed by atoms with E-state index in [9.17, 15) is 14.9 Å². The van der Waals surface area contributed by atoms with E-state index in [0.29, 0.717) is 28.7 Å². The average Bonchev–Trinajstić information content (AvgIpc) is 3.01. The second kappa shape index (κ2) is 9.50. The lowest BCUT2D eigenvalue weighted by Gasteiger charge is -2.20. The summed E-state index contributed by atoms with van der Waals surface area (Å²) in [5.41, 5.74) is 0.909. The van der Waals surface area contributed by atoms with Crippen LogP contribution in [-0.2, 0) is 11.3 Å². The number of halogens is 1. The summed E-state index contributed by atoms with van der Waals surface area (Å²) in [6.45, 7) is 6.66. The summed E-state index contributed by atoms with van der Waals surface area (Å²) in [4.78, 5) is 26.0. The molecule has 7 nitrogen and oxygen atoms in total. The van der Waals surface area contributed by atoms with Crippen LogP contribution in [0.25, 0.3) is 0 Å². The molecule has 0 aliphatic carbocycles. The molecule has 0 radical (unpaired) electrons. The number of carbonyl (C=O) groups excluding carboxylic acids is 1. The molecule has 1 aromatic heterocycles. The molecule has 0 bridgehead atoms. The molecule has 1 aromatic carbocycles. The molecular weight excluding hydrogens is 390 g/mol. The Bertz CT molecular complexity index is 853. The number of nitro groups is 1. The molecule has 9 heteroatoms. The van der Waals surface area contributed by atoms with Crippen molar-refractivity contribution in [2.75, 3.05) is 25.5 Å². The fourth-order valence-corrected chi connectivity index (χ4v) is 3.66. The molecule has 1 amide bonds. The summed E-state index contributed by atoms with van der Waals surface area (Å²) >= 11 is 7.42. The fraction of sp³-hybridized carbons (Fsp3) is 0.278. The smallest absolute Gasteiger partial charge is 0.311 e. The van der Waals surface area contributed by atoms with E-state index in [4.69, 9.17) is 16.3 Å². The second-order valence-electron chi connectivity index (χ2n) is 5.81. The maximum absolute atomic E-state index is 12.5. The third-order valence-corrected chi connectivity index (χ3v) is 4.98. The van der Waals surface area contributed by atoms with Gasteiger partial charge in [-0.1, -0.05) is 17.7 Å². The molecule has 0 spiro atoms. The van der Waals surface area contributed by atoms with Crippen molar-refractivity contribution in [3.05, 3.63) is 61.8 Å². The SMILES string of the molecule is C=CCN(CC(=O)Nc1cc(OC)c([N+](=O)[O-])cc1C)Cc1ccc(Cl)s1. The number of aryl methyl sites for hydroxylation is 1. The number of hydrogen-bond donors (Lipinski definition) is 1. The van der Waals surface area contributed by atoms with E-state index in [2.05, 4.69) is 11.9 Å². The third kappa shape index (κ3) is 5.78. The highest BCUT2D eigenvalue weighted by Gasteiger charge is 2.19. The van der Waals surface area contributed by atoms with Gasteiger partial charge >= 0.3 is 5.69 Å². The zero-order valence-corrected chi connectivity index (χ0v) is 16.6. The van der Waals surface area contributed by atoms with Gasteiger partial charge in [-0.2, -0.15) is 0 Å². The first kappa shape index (κ1) is 20.9. The van der Waals surface area contributed by atoms with Gasteiger partial charge < -0.3 is 10.1 Å².